The van der Waals surface area contributed by atoms with Gasteiger partial charge in [0.2, 0.25) is 10.0 Å². The number of esters is 1. The van der Waals surface area contributed by atoms with Crippen molar-refractivity contribution in [3.63, 3.8) is 0 Å². The Bertz CT molecular complexity index is 810. The largest absolute Gasteiger partial charge is 0.466 e. The number of carbonyl (C=O) groups is 1. The van der Waals surface area contributed by atoms with Crippen molar-refractivity contribution >= 4 is 21.7 Å². The molecule has 0 heterocycles. The van der Waals surface area contributed by atoms with Crippen LogP contribution in [0.1, 0.15) is 33.1 Å². The number of rotatable bonds is 10. The summed E-state index contributed by atoms with van der Waals surface area (Å²) < 4.78 is 31.6. The Labute approximate surface area is 179 Å². The topological polar surface area (TPSA) is 104 Å². The lowest BCUT2D eigenvalue weighted by atomic mass is 9.78. The standard InChI is InChI=1S/C22H33NO6S/c1-4-16(10-9-13-21(26)29-3)22-18(19(24)14-20(22)25)15-23(30(27,28)5-2)17-11-7-6-8-12-17/h6-9,11-13,16,18-20,22,24-25H,4-5,10,14-15H2,1-3H3/t16-,18-,19+,20?,22-/m0/s1. The smallest absolute Gasteiger partial charge is 0.330 e. The molecule has 30 heavy (non-hydrogen) atoms. The van der Waals surface area contributed by atoms with Crippen LogP contribution < -0.4 is 4.31 Å². The summed E-state index contributed by atoms with van der Waals surface area (Å²) in [6.07, 6.45) is 3.00. The molecule has 5 atom stereocenters. The molecule has 7 nitrogen and oxygen atoms in total. The van der Waals surface area contributed by atoms with Crippen molar-refractivity contribution in [3.8, 4) is 0 Å². The minimum absolute atomic E-state index is 0.00925. The molecule has 0 aromatic heterocycles. The van der Waals surface area contributed by atoms with Crippen LogP contribution in [0.25, 0.3) is 0 Å². The van der Waals surface area contributed by atoms with E-state index in [4.69, 9.17) is 0 Å². The first-order valence-electron chi connectivity index (χ1n) is 10.4. The minimum Gasteiger partial charge on any atom is -0.466 e. The van der Waals surface area contributed by atoms with Crippen molar-refractivity contribution in [2.45, 2.75) is 45.3 Å². The maximum Gasteiger partial charge on any atom is 0.330 e. The number of benzene rings is 1. The first-order chi connectivity index (χ1) is 14.2. The molecule has 0 bridgehead atoms. The van der Waals surface area contributed by atoms with Crippen molar-refractivity contribution in [3.05, 3.63) is 42.5 Å². The Morgan fingerprint density at radius 1 is 1.23 bits per heavy atom. The van der Waals surface area contributed by atoms with Crippen molar-refractivity contribution < 1.29 is 28.2 Å². The van der Waals surface area contributed by atoms with E-state index in [1.54, 1.807) is 37.3 Å². The van der Waals surface area contributed by atoms with E-state index >= 15 is 0 Å². The second-order valence-corrected chi connectivity index (χ2v) is 9.89. The van der Waals surface area contributed by atoms with Gasteiger partial charge in [-0.15, -0.1) is 0 Å². The molecule has 2 rings (SSSR count). The number of anilines is 1. The fraction of sp³-hybridized carbons (Fsp3) is 0.591. The summed E-state index contributed by atoms with van der Waals surface area (Å²) >= 11 is 0. The molecule has 8 heteroatoms. The maximum absolute atomic E-state index is 12.8. The lowest BCUT2D eigenvalue weighted by Gasteiger charge is -2.34. The van der Waals surface area contributed by atoms with Crippen molar-refractivity contribution in [1.29, 1.82) is 0 Å². The zero-order valence-corrected chi connectivity index (χ0v) is 18.7. The normalized spacial score (nSPS) is 25.4. The van der Waals surface area contributed by atoms with Crippen LogP contribution in [0.15, 0.2) is 42.5 Å². The Morgan fingerprint density at radius 3 is 2.47 bits per heavy atom. The first kappa shape index (κ1) is 24.4. The fourth-order valence-corrected chi connectivity index (χ4v) is 5.51. The van der Waals surface area contributed by atoms with E-state index in [0.29, 0.717) is 12.1 Å². The van der Waals surface area contributed by atoms with E-state index < -0.39 is 34.1 Å². The molecule has 0 radical (unpaired) electrons. The lowest BCUT2D eigenvalue weighted by Crippen LogP contribution is -2.42. The van der Waals surface area contributed by atoms with Crippen LogP contribution in [0.4, 0.5) is 5.69 Å². The molecule has 1 aliphatic carbocycles. The average Bonchev–Trinajstić information content (AvgIpc) is 3.02. The van der Waals surface area contributed by atoms with Gasteiger partial charge in [-0.2, -0.15) is 0 Å². The van der Waals surface area contributed by atoms with Gasteiger partial charge in [0.25, 0.3) is 0 Å². The third-order valence-electron chi connectivity index (χ3n) is 6.00. The summed E-state index contributed by atoms with van der Waals surface area (Å²) in [6.45, 7) is 3.68. The number of hydrogen-bond acceptors (Lipinski definition) is 6. The Morgan fingerprint density at radius 2 is 1.90 bits per heavy atom. The molecule has 1 aliphatic rings. The summed E-state index contributed by atoms with van der Waals surface area (Å²) in [4.78, 5) is 11.4. The number of allylic oxidation sites excluding steroid dienone is 1. The van der Waals surface area contributed by atoms with E-state index in [1.807, 2.05) is 13.0 Å². The van der Waals surface area contributed by atoms with Crippen LogP contribution >= 0.6 is 0 Å². The molecule has 1 unspecified atom stereocenters. The predicted molar refractivity (Wildman–Crippen MR) is 116 cm³/mol. The molecule has 1 fully saturated rings. The molecule has 1 aromatic rings. The van der Waals surface area contributed by atoms with E-state index in [0.717, 1.165) is 6.42 Å². The summed E-state index contributed by atoms with van der Waals surface area (Å²) in [5.74, 6) is -1.22. The van der Waals surface area contributed by atoms with Crippen molar-refractivity contribution in [2.24, 2.45) is 17.8 Å². The average molecular weight is 440 g/mol. The van der Waals surface area contributed by atoms with Gasteiger partial charge in [-0.1, -0.05) is 37.6 Å². The number of ether oxygens (including phenoxy) is 1. The van der Waals surface area contributed by atoms with Crippen LogP contribution in [0.3, 0.4) is 0 Å². The Kier molecular flexibility index (Phi) is 8.88. The second-order valence-electron chi connectivity index (χ2n) is 7.71. The van der Waals surface area contributed by atoms with Crippen LogP contribution in [-0.2, 0) is 19.6 Å². The number of sulfonamides is 1. The summed E-state index contributed by atoms with van der Waals surface area (Å²) in [5.41, 5.74) is 0.547. The summed E-state index contributed by atoms with van der Waals surface area (Å²) in [7, 11) is -2.25. The van der Waals surface area contributed by atoms with E-state index in [-0.39, 0.29) is 30.6 Å². The highest BCUT2D eigenvalue weighted by molar-refractivity contribution is 7.92. The molecule has 168 valence electrons. The van der Waals surface area contributed by atoms with Gasteiger partial charge < -0.3 is 14.9 Å². The molecular formula is C22H33NO6S. The number of aliphatic hydroxyl groups is 2. The second kappa shape index (κ2) is 10.9. The molecule has 0 saturated heterocycles. The number of carbonyl (C=O) groups excluding carboxylic acids is 1. The van der Waals surface area contributed by atoms with Crippen LogP contribution in [0, 0.1) is 17.8 Å². The predicted octanol–water partition coefficient (Wildman–Crippen LogP) is 2.35. The number of nitrogens with zero attached hydrogens (tertiary/aromatic N) is 1. The van der Waals surface area contributed by atoms with Crippen LogP contribution in [-0.4, -0.2) is 56.2 Å². The maximum atomic E-state index is 12.8. The van der Waals surface area contributed by atoms with E-state index in [9.17, 15) is 23.4 Å². The number of para-hydroxylation sites is 1. The van der Waals surface area contributed by atoms with Gasteiger partial charge in [-0.25, -0.2) is 13.2 Å². The van der Waals surface area contributed by atoms with Gasteiger partial charge in [0, 0.05) is 18.5 Å². The summed E-state index contributed by atoms with van der Waals surface area (Å²) in [6, 6.07) is 8.83. The first-order valence-corrected chi connectivity index (χ1v) is 12.0. The molecule has 0 aliphatic heterocycles. The zero-order valence-electron chi connectivity index (χ0n) is 17.8. The third-order valence-corrected chi connectivity index (χ3v) is 7.76. The van der Waals surface area contributed by atoms with Crippen molar-refractivity contribution in [2.75, 3.05) is 23.7 Å². The minimum atomic E-state index is -3.56. The van der Waals surface area contributed by atoms with E-state index in [1.165, 1.54) is 17.5 Å². The zero-order chi connectivity index (χ0) is 22.3. The van der Waals surface area contributed by atoms with Crippen LogP contribution in [0.2, 0.25) is 0 Å². The van der Waals surface area contributed by atoms with Crippen LogP contribution in [0.5, 0.6) is 0 Å². The molecule has 0 spiro atoms. The number of aliphatic hydroxyl groups excluding tert-OH is 2. The Balaban J connectivity index is 2.31. The molecule has 0 amide bonds. The molecule has 1 aromatic carbocycles. The van der Waals surface area contributed by atoms with Crippen molar-refractivity contribution in [1.82, 2.24) is 0 Å². The lowest BCUT2D eigenvalue weighted by molar-refractivity contribution is -0.134. The van der Waals surface area contributed by atoms with Gasteiger partial charge >= 0.3 is 5.97 Å². The quantitative estimate of drug-likeness (QED) is 0.428. The van der Waals surface area contributed by atoms with E-state index in [2.05, 4.69) is 4.74 Å². The Hall–Kier alpha value is -1.90. The van der Waals surface area contributed by atoms with Gasteiger partial charge in [0.05, 0.1) is 30.8 Å². The SMILES string of the molecule is CC[C@@H](CC=CC(=O)OC)[C@@H]1C(O)C[C@@H](O)[C@@H]1CN(c1ccccc1)S(=O)(=O)CC. The highest BCUT2D eigenvalue weighted by Crippen LogP contribution is 2.41. The van der Waals surface area contributed by atoms with Gasteiger partial charge in [0.1, 0.15) is 0 Å². The highest BCUT2D eigenvalue weighted by atomic mass is 32.2. The molecule has 1 saturated carbocycles. The van der Waals surface area contributed by atoms with Gasteiger partial charge in [-0.05, 0) is 43.7 Å². The van der Waals surface area contributed by atoms with Gasteiger partial charge in [-0.3, -0.25) is 4.31 Å². The third kappa shape index (κ3) is 5.83. The highest BCUT2D eigenvalue weighted by Gasteiger charge is 2.46. The number of methoxy groups -OCH3 is 1. The fourth-order valence-electron chi connectivity index (χ4n) is 4.35. The molecular weight excluding hydrogens is 406 g/mol. The monoisotopic (exact) mass is 439 g/mol. The van der Waals surface area contributed by atoms with Gasteiger partial charge in [0.15, 0.2) is 0 Å². The molecule has 2 N–H and O–H groups in total. The summed E-state index contributed by atoms with van der Waals surface area (Å²) in [5, 5.41) is 21.4. The number of hydrogen-bond donors (Lipinski definition) is 2.